The largest absolute Gasteiger partial charge is 0.326 e. The summed E-state index contributed by atoms with van der Waals surface area (Å²) in [6.07, 6.45) is 1.99. The minimum Gasteiger partial charge on any atom is -0.326 e. The Bertz CT molecular complexity index is 487. The molecule has 1 aromatic heterocycles. The van der Waals surface area contributed by atoms with Gasteiger partial charge in [0.2, 0.25) is 0 Å². The minimum absolute atomic E-state index is 0.951. The molecule has 0 unspecified atom stereocenters. The fraction of sp³-hybridized carbons (Fsp3) is 0.308. The van der Waals surface area contributed by atoms with E-state index in [9.17, 15) is 0 Å². The Hall–Kier alpha value is -1.61. The SMILES string of the molecule is CN1CCn2c(-c3ccccc3)cnc2C1. The molecule has 0 spiro atoms. The molecule has 3 rings (SSSR count). The molecule has 0 bridgehead atoms. The molecule has 1 aliphatic rings. The Morgan fingerprint density at radius 2 is 1.94 bits per heavy atom. The summed E-state index contributed by atoms with van der Waals surface area (Å²) >= 11 is 0. The molecule has 1 aromatic carbocycles. The normalized spacial score (nSPS) is 16.1. The van der Waals surface area contributed by atoms with E-state index in [2.05, 4.69) is 45.8 Å². The van der Waals surface area contributed by atoms with Crippen LogP contribution in [0.3, 0.4) is 0 Å². The average molecular weight is 213 g/mol. The van der Waals surface area contributed by atoms with Gasteiger partial charge in [-0.3, -0.25) is 4.90 Å². The summed E-state index contributed by atoms with van der Waals surface area (Å²) < 4.78 is 2.33. The standard InChI is InChI=1S/C13H15N3/c1-15-7-8-16-12(9-14-13(16)10-15)11-5-3-2-4-6-11/h2-6,9H,7-8,10H2,1H3. The smallest absolute Gasteiger partial charge is 0.123 e. The maximum atomic E-state index is 4.50. The van der Waals surface area contributed by atoms with Gasteiger partial charge in [-0.1, -0.05) is 30.3 Å². The molecule has 2 aromatic rings. The zero-order chi connectivity index (χ0) is 11.0. The van der Waals surface area contributed by atoms with Crippen molar-refractivity contribution in [1.82, 2.24) is 14.5 Å². The molecule has 0 radical (unpaired) electrons. The molecule has 0 amide bonds. The average Bonchev–Trinajstić information content (AvgIpc) is 2.73. The van der Waals surface area contributed by atoms with Crippen LogP contribution in [0.15, 0.2) is 36.5 Å². The van der Waals surface area contributed by atoms with Crippen LogP contribution >= 0.6 is 0 Å². The first kappa shape index (κ1) is 9.60. The molecule has 0 saturated carbocycles. The van der Waals surface area contributed by atoms with E-state index in [1.807, 2.05) is 12.3 Å². The van der Waals surface area contributed by atoms with Crippen LogP contribution in [0.25, 0.3) is 11.3 Å². The number of likely N-dealkylation sites (N-methyl/N-ethyl adjacent to an activating group) is 1. The van der Waals surface area contributed by atoms with E-state index in [1.165, 1.54) is 17.1 Å². The lowest BCUT2D eigenvalue weighted by molar-refractivity contribution is 0.265. The molecule has 0 fully saturated rings. The van der Waals surface area contributed by atoms with Crippen LogP contribution in [0.4, 0.5) is 0 Å². The highest BCUT2D eigenvalue weighted by Crippen LogP contribution is 2.22. The summed E-state index contributed by atoms with van der Waals surface area (Å²) in [7, 11) is 2.14. The lowest BCUT2D eigenvalue weighted by Gasteiger charge is -2.24. The molecule has 82 valence electrons. The number of benzene rings is 1. The van der Waals surface area contributed by atoms with Crippen LogP contribution in [0.2, 0.25) is 0 Å². The second kappa shape index (κ2) is 3.76. The molecule has 3 heteroatoms. The maximum Gasteiger partial charge on any atom is 0.123 e. The predicted molar refractivity (Wildman–Crippen MR) is 64.0 cm³/mol. The first-order valence-electron chi connectivity index (χ1n) is 5.63. The summed E-state index contributed by atoms with van der Waals surface area (Å²) in [5, 5.41) is 0. The van der Waals surface area contributed by atoms with E-state index < -0.39 is 0 Å². The minimum atomic E-state index is 0.951. The lowest BCUT2D eigenvalue weighted by atomic mass is 10.1. The van der Waals surface area contributed by atoms with Gasteiger partial charge in [0.1, 0.15) is 5.82 Å². The van der Waals surface area contributed by atoms with Crippen molar-refractivity contribution < 1.29 is 0 Å². The fourth-order valence-electron chi connectivity index (χ4n) is 2.22. The van der Waals surface area contributed by atoms with E-state index >= 15 is 0 Å². The molecule has 0 aliphatic carbocycles. The first-order chi connectivity index (χ1) is 7.84. The van der Waals surface area contributed by atoms with Gasteiger partial charge in [-0.2, -0.15) is 0 Å². The Balaban J connectivity index is 2.04. The molecule has 1 aliphatic heterocycles. The third-order valence-electron chi connectivity index (χ3n) is 3.12. The van der Waals surface area contributed by atoms with Gasteiger partial charge in [-0.15, -0.1) is 0 Å². The summed E-state index contributed by atoms with van der Waals surface area (Å²) in [6, 6.07) is 10.5. The Kier molecular flexibility index (Phi) is 2.26. The summed E-state index contributed by atoms with van der Waals surface area (Å²) in [4.78, 5) is 6.81. The van der Waals surface area contributed by atoms with Gasteiger partial charge in [-0.25, -0.2) is 4.98 Å². The molecule has 2 heterocycles. The summed E-state index contributed by atoms with van der Waals surface area (Å²) in [5.74, 6) is 1.17. The van der Waals surface area contributed by atoms with Crippen molar-refractivity contribution in [3.63, 3.8) is 0 Å². The van der Waals surface area contributed by atoms with Crippen molar-refractivity contribution in [2.24, 2.45) is 0 Å². The van der Waals surface area contributed by atoms with Gasteiger partial charge >= 0.3 is 0 Å². The van der Waals surface area contributed by atoms with E-state index in [-0.39, 0.29) is 0 Å². The molecule has 0 atom stereocenters. The third-order valence-corrected chi connectivity index (χ3v) is 3.12. The third kappa shape index (κ3) is 1.53. The van der Waals surface area contributed by atoms with Crippen LogP contribution in [0.1, 0.15) is 5.82 Å². The molecular weight excluding hydrogens is 198 g/mol. The zero-order valence-corrected chi connectivity index (χ0v) is 9.43. The number of imidazole rings is 1. The van der Waals surface area contributed by atoms with Crippen molar-refractivity contribution in [3.05, 3.63) is 42.4 Å². The molecule has 0 saturated heterocycles. The van der Waals surface area contributed by atoms with Gasteiger partial charge in [0, 0.05) is 13.1 Å². The number of hydrogen-bond donors (Lipinski definition) is 0. The Morgan fingerprint density at radius 1 is 1.12 bits per heavy atom. The van der Waals surface area contributed by atoms with Crippen LogP contribution in [-0.2, 0) is 13.1 Å². The van der Waals surface area contributed by atoms with Crippen LogP contribution in [0, 0.1) is 0 Å². The van der Waals surface area contributed by atoms with Crippen molar-refractivity contribution in [2.75, 3.05) is 13.6 Å². The van der Waals surface area contributed by atoms with Crippen molar-refractivity contribution >= 4 is 0 Å². The van der Waals surface area contributed by atoms with Gasteiger partial charge in [0.05, 0.1) is 18.4 Å². The van der Waals surface area contributed by atoms with E-state index in [0.29, 0.717) is 0 Å². The quantitative estimate of drug-likeness (QED) is 0.722. The highest BCUT2D eigenvalue weighted by molar-refractivity contribution is 5.59. The summed E-state index contributed by atoms with van der Waals surface area (Å²) in [6.45, 7) is 3.09. The van der Waals surface area contributed by atoms with Gasteiger partial charge in [-0.05, 0) is 12.6 Å². The number of fused-ring (bicyclic) bond motifs is 1. The number of rotatable bonds is 1. The number of nitrogens with zero attached hydrogens (tertiary/aromatic N) is 3. The number of aromatic nitrogens is 2. The van der Waals surface area contributed by atoms with Crippen molar-refractivity contribution in [2.45, 2.75) is 13.1 Å². The molecule has 3 nitrogen and oxygen atoms in total. The van der Waals surface area contributed by atoms with Gasteiger partial charge < -0.3 is 4.57 Å². The van der Waals surface area contributed by atoms with Crippen molar-refractivity contribution in [3.8, 4) is 11.3 Å². The van der Waals surface area contributed by atoms with Crippen LogP contribution in [-0.4, -0.2) is 28.0 Å². The van der Waals surface area contributed by atoms with Gasteiger partial charge in [0.15, 0.2) is 0 Å². The Labute approximate surface area is 95.3 Å². The summed E-state index contributed by atoms with van der Waals surface area (Å²) in [5.41, 5.74) is 2.49. The molecular formula is C13H15N3. The van der Waals surface area contributed by atoms with Crippen LogP contribution in [0.5, 0.6) is 0 Å². The van der Waals surface area contributed by atoms with Crippen LogP contribution < -0.4 is 0 Å². The zero-order valence-electron chi connectivity index (χ0n) is 9.43. The van der Waals surface area contributed by atoms with Crippen molar-refractivity contribution in [1.29, 1.82) is 0 Å². The van der Waals surface area contributed by atoms with E-state index in [0.717, 1.165) is 19.6 Å². The second-order valence-electron chi connectivity index (χ2n) is 4.32. The van der Waals surface area contributed by atoms with Gasteiger partial charge in [0.25, 0.3) is 0 Å². The topological polar surface area (TPSA) is 21.1 Å². The highest BCUT2D eigenvalue weighted by Gasteiger charge is 2.17. The first-order valence-corrected chi connectivity index (χ1v) is 5.63. The molecule has 0 N–H and O–H groups in total. The van der Waals surface area contributed by atoms with E-state index in [4.69, 9.17) is 0 Å². The number of hydrogen-bond acceptors (Lipinski definition) is 2. The monoisotopic (exact) mass is 213 g/mol. The van der Waals surface area contributed by atoms with E-state index in [1.54, 1.807) is 0 Å². The molecule has 16 heavy (non-hydrogen) atoms. The lowest BCUT2D eigenvalue weighted by Crippen LogP contribution is -2.30. The highest BCUT2D eigenvalue weighted by atomic mass is 15.2. The maximum absolute atomic E-state index is 4.50. The predicted octanol–water partition coefficient (Wildman–Crippen LogP) is 2.00. The Morgan fingerprint density at radius 3 is 2.75 bits per heavy atom. The second-order valence-corrected chi connectivity index (χ2v) is 4.32. The fourth-order valence-corrected chi connectivity index (χ4v) is 2.22.